The summed E-state index contributed by atoms with van der Waals surface area (Å²) < 4.78 is 31.2. The van der Waals surface area contributed by atoms with E-state index in [1.54, 1.807) is 0 Å². The lowest BCUT2D eigenvalue weighted by atomic mass is 10.2. The molecule has 2 aliphatic rings. The summed E-state index contributed by atoms with van der Waals surface area (Å²) in [6, 6.07) is 2.07. The van der Waals surface area contributed by atoms with Gasteiger partial charge in [-0.1, -0.05) is 0 Å². The van der Waals surface area contributed by atoms with E-state index in [0.29, 0.717) is 39.1 Å². The van der Waals surface area contributed by atoms with Crippen LogP contribution in [-0.4, -0.2) is 66.6 Å². The number of thiazole rings is 1. The fourth-order valence-corrected chi connectivity index (χ4v) is 6.63. The molecule has 152 valence electrons. The minimum atomic E-state index is -2.94. The number of amides is 1. The molecule has 0 radical (unpaired) electrons. The first kappa shape index (κ1) is 19.6. The molecule has 0 bridgehead atoms. The van der Waals surface area contributed by atoms with Crippen molar-refractivity contribution in [2.45, 2.75) is 32.7 Å². The molecule has 0 saturated carbocycles. The quantitative estimate of drug-likeness (QED) is 0.751. The first-order chi connectivity index (χ1) is 13.3. The number of ether oxygens (including phenoxy) is 1. The summed E-state index contributed by atoms with van der Waals surface area (Å²) >= 11 is 1.50. The normalized spacial score (nSPS) is 21.9. The van der Waals surface area contributed by atoms with Gasteiger partial charge in [-0.05, 0) is 26.3 Å². The van der Waals surface area contributed by atoms with E-state index in [0.717, 1.165) is 27.7 Å². The zero-order valence-electron chi connectivity index (χ0n) is 16.2. The van der Waals surface area contributed by atoms with Crippen LogP contribution >= 0.6 is 11.3 Å². The van der Waals surface area contributed by atoms with E-state index in [2.05, 4.69) is 10.6 Å². The van der Waals surface area contributed by atoms with Crippen molar-refractivity contribution < 1.29 is 17.9 Å². The van der Waals surface area contributed by atoms with Crippen molar-refractivity contribution in [2.75, 3.05) is 37.8 Å². The van der Waals surface area contributed by atoms with Crippen LogP contribution in [0.4, 0.5) is 0 Å². The van der Waals surface area contributed by atoms with E-state index in [1.165, 1.54) is 11.3 Å². The molecule has 28 heavy (non-hydrogen) atoms. The fraction of sp³-hybridized carbons (Fsp3) is 0.579. The Labute approximate surface area is 169 Å². The van der Waals surface area contributed by atoms with Gasteiger partial charge in [0.2, 0.25) is 5.91 Å². The summed E-state index contributed by atoms with van der Waals surface area (Å²) in [5.74, 6) is 0.555. The second-order valence-electron chi connectivity index (χ2n) is 7.51. The summed E-state index contributed by atoms with van der Waals surface area (Å²) in [5, 5.41) is 2.79. The lowest BCUT2D eigenvalue weighted by Crippen LogP contribution is -2.41. The van der Waals surface area contributed by atoms with Crippen molar-refractivity contribution >= 4 is 27.1 Å². The van der Waals surface area contributed by atoms with Gasteiger partial charge >= 0.3 is 0 Å². The number of hydrogen-bond donors (Lipinski definition) is 0. The summed E-state index contributed by atoms with van der Waals surface area (Å²) in [7, 11) is -2.94. The van der Waals surface area contributed by atoms with Gasteiger partial charge in [0.05, 0.1) is 36.8 Å². The number of hydrogen-bond acceptors (Lipinski definition) is 6. The highest BCUT2D eigenvalue weighted by molar-refractivity contribution is 7.91. The van der Waals surface area contributed by atoms with Crippen LogP contribution in [0.25, 0.3) is 11.3 Å². The first-order valence-corrected chi connectivity index (χ1v) is 12.2. The Morgan fingerprint density at radius 1 is 1.32 bits per heavy atom. The molecule has 0 aromatic carbocycles. The topological polar surface area (TPSA) is 81.5 Å². The molecule has 1 amide bonds. The number of aryl methyl sites for hydroxylation is 1. The predicted octanol–water partition coefficient (Wildman–Crippen LogP) is 1.99. The standard InChI is InChI=1S/C19H25N3O4S2/c1-13-9-16(14(2)22(13)15-3-8-28(24,25)12-15)17-11-27-18(20-17)10-19(23)21-4-6-26-7-5-21/h9,11,15H,3-8,10,12H2,1-2H3. The van der Waals surface area contributed by atoms with Gasteiger partial charge in [0.15, 0.2) is 9.84 Å². The molecule has 7 nitrogen and oxygen atoms in total. The second-order valence-corrected chi connectivity index (χ2v) is 10.7. The average molecular weight is 424 g/mol. The molecule has 2 fully saturated rings. The molecule has 2 aliphatic heterocycles. The van der Waals surface area contributed by atoms with Crippen molar-refractivity contribution in [1.82, 2.24) is 14.5 Å². The van der Waals surface area contributed by atoms with Crippen molar-refractivity contribution in [3.63, 3.8) is 0 Å². The maximum Gasteiger partial charge on any atom is 0.229 e. The van der Waals surface area contributed by atoms with Gasteiger partial charge in [0.25, 0.3) is 0 Å². The Hall–Kier alpha value is -1.71. The highest BCUT2D eigenvalue weighted by Gasteiger charge is 2.31. The highest BCUT2D eigenvalue weighted by atomic mass is 32.2. The second kappa shape index (κ2) is 7.61. The van der Waals surface area contributed by atoms with Crippen LogP contribution in [0.3, 0.4) is 0 Å². The summed E-state index contributed by atoms with van der Waals surface area (Å²) in [6.45, 7) is 6.50. The van der Waals surface area contributed by atoms with E-state index in [1.807, 2.05) is 24.1 Å². The van der Waals surface area contributed by atoms with Crippen LogP contribution in [0.1, 0.15) is 28.9 Å². The lowest BCUT2D eigenvalue weighted by molar-refractivity contribution is -0.134. The number of sulfone groups is 1. The zero-order chi connectivity index (χ0) is 19.9. The van der Waals surface area contributed by atoms with Crippen LogP contribution in [0, 0.1) is 13.8 Å². The first-order valence-electron chi connectivity index (χ1n) is 9.53. The maximum atomic E-state index is 12.4. The van der Waals surface area contributed by atoms with Gasteiger partial charge in [-0.15, -0.1) is 11.3 Å². The van der Waals surface area contributed by atoms with E-state index in [9.17, 15) is 13.2 Å². The largest absolute Gasteiger partial charge is 0.378 e. The van der Waals surface area contributed by atoms with Crippen molar-refractivity contribution in [3.8, 4) is 11.3 Å². The van der Waals surface area contributed by atoms with E-state index >= 15 is 0 Å². The molecule has 1 atom stereocenters. The van der Waals surface area contributed by atoms with E-state index in [-0.39, 0.29) is 23.5 Å². The molecule has 2 aromatic heterocycles. The van der Waals surface area contributed by atoms with Crippen molar-refractivity contribution in [1.29, 1.82) is 0 Å². The maximum absolute atomic E-state index is 12.4. The molecular weight excluding hydrogens is 398 g/mol. The smallest absolute Gasteiger partial charge is 0.229 e. The Morgan fingerprint density at radius 3 is 2.75 bits per heavy atom. The Kier molecular flexibility index (Phi) is 5.32. The molecule has 0 N–H and O–H groups in total. The Morgan fingerprint density at radius 2 is 2.07 bits per heavy atom. The number of carbonyl (C=O) groups excluding carboxylic acids is 1. The third-order valence-corrected chi connectivity index (χ3v) is 8.15. The van der Waals surface area contributed by atoms with Crippen LogP contribution in [-0.2, 0) is 25.8 Å². The molecule has 4 rings (SSSR count). The van der Waals surface area contributed by atoms with Crippen LogP contribution < -0.4 is 0 Å². The predicted molar refractivity (Wildman–Crippen MR) is 108 cm³/mol. The van der Waals surface area contributed by atoms with E-state index in [4.69, 9.17) is 9.72 Å². The van der Waals surface area contributed by atoms with Gasteiger partial charge in [-0.2, -0.15) is 0 Å². The average Bonchev–Trinajstić information content (AvgIpc) is 3.33. The molecule has 2 aromatic rings. The van der Waals surface area contributed by atoms with Crippen LogP contribution in [0.5, 0.6) is 0 Å². The number of carbonyl (C=O) groups is 1. The monoisotopic (exact) mass is 423 g/mol. The minimum absolute atomic E-state index is 0.000227. The number of rotatable bonds is 4. The molecular formula is C19H25N3O4S2. The van der Waals surface area contributed by atoms with Crippen molar-refractivity contribution in [2.24, 2.45) is 0 Å². The third kappa shape index (κ3) is 3.88. The molecule has 0 spiro atoms. The Bertz CT molecular complexity index is 987. The van der Waals surface area contributed by atoms with Crippen LogP contribution in [0.15, 0.2) is 11.4 Å². The van der Waals surface area contributed by atoms with E-state index < -0.39 is 9.84 Å². The van der Waals surface area contributed by atoms with Gasteiger partial charge in [0, 0.05) is 41.5 Å². The molecule has 0 aliphatic carbocycles. The minimum Gasteiger partial charge on any atom is -0.378 e. The number of nitrogens with zero attached hydrogens (tertiary/aromatic N) is 3. The van der Waals surface area contributed by atoms with Crippen LogP contribution in [0.2, 0.25) is 0 Å². The summed E-state index contributed by atoms with van der Waals surface area (Å²) in [5.41, 5.74) is 3.96. The molecule has 1 unspecified atom stereocenters. The van der Waals surface area contributed by atoms with Crippen molar-refractivity contribution in [3.05, 3.63) is 27.8 Å². The van der Waals surface area contributed by atoms with Gasteiger partial charge in [-0.25, -0.2) is 13.4 Å². The molecule has 4 heterocycles. The van der Waals surface area contributed by atoms with Gasteiger partial charge < -0.3 is 14.2 Å². The third-order valence-electron chi connectivity index (χ3n) is 5.55. The molecule has 2 saturated heterocycles. The van der Waals surface area contributed by atoms with Gasteiger partial charge in [-0.3, -0.25) is 4.79 Å². The zero-order valence-corrected chi connectivity index (χ0v) is 17.8. The summed E-state index contributed by atoms with van der Waals surface area (Å²) in [4.78, 5) is 19.0. The lowest BCUT2D eigenvalue weighted by Gasteiger charge is -2.26. The summed E-state index contributed by atoms with van der Waals surface area (Å²) in [6.07, 6.45) is 0.971. The Balaban J connectivity index is 1.52. The SMILES string of the molecule is Cc1cc(-c2csc(CC(=O)N3CCOCC3)n2)c(C)n1C1CCS(=O)(=O)C1. The number of aromatic nitrogens is 2. The fourth-order valence-electron chi connectivity index (χ4n) is 4.15. The number of morpholine rings is 1. The van der Waals surface area contributed by atoms with Gasteiger partial charge in [0.1, 0.15) is 5.01 Å². The molecule has 9 heteroatoms. The highest BCUT2D eigenvalue weighted by Crippen LogP contribution is 2.34.